The molecular weight excluding hydrogens is 210 g/mol. The first-order chi connectivity index (χ1) is 8.24. The van der Waals surface area contributed by atoms with E-state index in [2.05, 4.69) is 25.2 Å². The van der Waals surface area contributed by atoms with Gasteiger partial charge in [0, 0.05) is 23.5 Å². The van der Waals surface area contributed by atoms with Gasteiger partial charge < -0.3 is 10.7 Å². The fraction of sp³-hybridized carbons (Fsp3) is 0.429. The first-order valence-electron chi connectivity index (χ1n) is 6.06. The molecule has 0 saturated heterocycles. The highest BCUT2D eigenvalue weighted by Gasteiger charge is 2.07. The molecule has 1 aromatic carbocycles. The number of rotatable bonds is 6. The zero-order chi connectivity index (χ0) is 12.7. The molecule has 0 spiro atoms. The summed E-state index contributed by atoms with van der Waals surface area (Å²) in [6.07, 6.45) is 4.61. The van der Waals surface area contributed by atoms with Crippen molar-refractivity contribution >= 4 is 11.9 Å². The minimum Gasteiger partial charge on any atom is -0.382 e. The van der Waals surface area contributed by atoms with Gasteiger partial charge in [-0.05, 0) is 31.0 Å². The number of nitrogens with zero attached hydrogens (tertiary/aromatic N) is 1. The molecule has 90 valence electrons. The van der Waals surface area contributed by atoms with E-state index >= 15 is 0 Å². The minimum atomic E-state index is 0.437. The number of hydrogen-bond donors (Lipinski definition) is 2. The molecule has 1 aromatic rings. The molecule has 17 heavy (non-hydrogen) atoms. The third-order valence-corrected chi connectivity index (χ3v) is 2.83. The van der Waals surface area contributed by atoms with E-state index in [1.807, 2.05) is 6.07 Å². The Bertz CT molecular complexity index is 418. The second-order valence-corrected chi connectivity index (χ2v) is 4.10. The van der Waals surface area contributed by atoms with Crippen LogP contribution in [0.4, 0.5) is 5.69 Å². The van der Waals surface area contributed by atoms with Crippen molar-refractivity contribution in [1.82, 2.24) is 0 Å². The second-order valence-electron chi connectivity index (χ2n) is 4.10. The maximum Gasteiger partial charge on any atom is 0.0991 e. The van der Waals surface area contributed by atoms with Crippen molar-refractivity contribution in [2.24, 2.45) is 0 Å². The van der Waals surface area contributed by atoms with Gasteiger partial charge in [0.15, 0.2) is 0 Å². The third-order valence-electron chi connectivity index (χ3n) is 2.83. The highest BCUT2D eigenvalue weighted by Crippen LogP contribution is 2.18. The number of nitrogens with one attached hydrogen (secondary N) is 2. The Morgan fingerprint density at radius 2 is 2.24 bits per heavy atom. The smallest absolute Gasteiger partial charge is 0.0991 e. The zero-order valence-corrected chi connectivity index (χ0v) is 10.5. The van der Waals surface area contributed by atoms with Gasteiger partial charge in [-0.15, -0.1) is 0 Å². The average molecular weight is 229 g/mol. The molecule has 0 heterocycles. The highest BCUT2D eigenvalue weighted by molar-refractivity contribution is 5.86. The molecule has 1 rings (SSSR count). The molecule has 0 fully saturated rings. The van der Waals surface area contributed by atoms with Crippen molar-refractivity contribution in [2.75, 3.05) is 5.32 Å². The molecule has 1 atom stereocenters. The summed E-state index contributed by atoms with van der Waals surface area (Å²) in [5.74, 6) is 0. The highest BCUT2D eigenvalue weighted by atomic mass is 14.9. The Morgan fingerprint density at radius 1 is 1.47 bits per heavy atom. The van der Waals surface area contributed by atoms with Crippen molar-refractivity contribution in [3.8, 4) is 6.07 Å². The number of nitriles is 1. The van der Waals surface area contributed by atoms with Gasteiger partial charge in [0.1, 0.15) is 0 Å². The fourth-order valence-corrected chi connectivity index (χ4v) is 1.83. The van der Waals surface area contributed by atoms with Crippen LogP contribution in [0.1, 0.15) is 44.2 Å². The van der Waals surface area contributed by atoms with Crippen LogP contribution < -0.4 is 5.32 Å². The van der Waals surface area contributed by atoms with E-state index < -0.39 is 0 Å². The van der Waals surface area contributed by atoms with Crippen LogP contribution in [0.15, 0.2) is 18.2 Å². The zero-order valence-electron chi connectivity index (χ0n) is 10.5. The summed E-state index contributed by atoms with van der Waals surface area (Å²) in [6.45, 7) is 4.32. The molecule has 0 aliphatic rings. The molecule has 0 radical (unpaired) electrons. The van der Waals surface area contributed by atoms with Gasteiger partial charge in [0.05, 0.1) is 11.6 Å². The average Bonchev–Trinajstić information content (AvgIpc) is 2.38. The Kier molecular flexibility index (Phi) is 5.22. The first kappa shape index (κ1) is 13.2. The van der Waals surface area contributed by atoms with Crippen LogP contribution in [-0.4, -0.2) is 12.3 Å². The van der Waals surface area contributed by atoms with Gasteiger partial charge in [-0.1, -0.05) is 20.3 Å². The number of hydrogen-bond acceptors (Lipinski definition) is 3. The van der Waals surface area contributed by atoms with Gasteiger partial charge >= 0.3 is 0 Å². The molecule has 0 amide bonds. The Labute approximate surface area is 103 Å². The Balaban J connectivity index is 2.90. The van der Waals surface area contributed by atoms with Crippen LogP contribution in [0.2, 0.25) is 0 Å². The molecule has 0 bridgehead atoms. The lowest BCUT2D eigenvalue weighted by atomic mass is 10.1. The number of anilines is 1. The standard InChI is InChI=1S/C14H19N3/c1-3-5-13(4-2)17-14-7-6-11(9-15)8-12(14)10-16/h6-8,10,13,16-17H,3-5H2,1-2H3. The van der Waals surface area contributed by atoms with Crippen LogP contribution in [0.3, 0.4) is 0 Å². The fourth-order valence-electron chi connectivity index (χ4n) is 1.83. The van der Waals surface area contributed by atoms with Crippen LogP contribution in [0.5, 0.6) is 0 Å². The van der Waals surface area contributed by atoms with E-state index in [1.54, 1.807) is 12.1 Å². The van der Waals surface area contributed by atoms with E-state index in [0.29, 0.717) is 11.6 Å². The largest absolute Gasteiger partial charge is 0.382 e. The summed E-state index contributed by atoms with van der Waals surface area (Å²) in [5, 5.41) is 19.6. The van der Waals surface area contributed by atoms with Gasteiger partial charge in [-0.25, -0.2) is 0 Å². The van der Waals surface area contributed by atoms with Gasteiger partial charge in [-0.2, -0.15) is 5.26 Å². The molecule has 3 nitrogen and oxygen atoms in total. The summed E-state index contributed by atoms with van der Waals surface area (Å²) in [6, 6.07) is 7.94. The molecule has 1 unspecified atom stereocenters. The molecular formula is C14H19N3. The second kappa shape index (κ2) is 6.70. The SMILES string of the molecule is CCCC(CC)Nc1ccc(C#N)cc1C=N. The van der Waals surface area contributed by atoms with Crippen molar-refractivity contribution in [1.29, 1.82) is 10.7 Å². The van der Waals surface area contributed by atoms with E-state index in [9.17, 15) is 0 Å². The molecule has 3 heteroatoms. The minimum absolute atomic E-state index is 0.437. The summed E-state index contributed by atoms with van der Waals surface area (Å²) in [7, 11) is 0. The lowest BCUT2D eigenvalue weighted by molar-refractivity contribution is 0.623. The van der Waals surface area contributed by atoms with Crippen LogP contribution in [0, 0.1) is 16.7 Å². The predicted octanol–water partition coefficient (Wildman–Crippen LogP) is 3.55. The molecule has 0 saturated carbocycles. The molecule has 0 aliphatic carbocycles. The maximum absolute atomic E-state index is 8.82. The monoisotopic (exact) mass is 229 g/mol. The summed E-state index contributed by atoms with van der Waals surface area (Å²) in [4.78, 5) is 0. The summed E-state index contributed by atoms with van der Waals surface area (Å²) >= 11 is 0. The maximum atomic E-state index is 8.82. The summed E-state index contributed by atoms with van der Waals surface area (Å²) in [5.41, 5.74) is 2.32. The lowest BCUT2D eigenvalue weighted by Gasteiger charge is -2.19. The van der Waals surface area contributed by atoms with Gasteiger partial charge in [0.2, 0.25) is 0 Å². The van der Waals surface area contributed by atoms with Crippen molar-refractivity contribution in [3.05, 3.63) is 29.3 Å². The van der Waals surface area contributed by atoms with E-state index in [-0.39, 0.29) is 0 Å². The van der Waals surface area contributed by atoms with Crippen molar-refractivity contribution in [2.45, 2.75) is 39.2 Å². The Hall–Kier alpha value is -1.82. The van der Waals surface area contributed by atoms with E-state index in [1.165, 1.54) is 6.21 Å². The summed E-state index contributed by atoms with van der Waals surface area (Å²) < 4.78 is 0. The molecule has 0 aromatic heterocycles. The predicted molar refractivity (Wildman–Crippen MR) is 71.7 cm³/mol. The topological polar surface area (TPSA) is 59.7 Å². The van der Waals surface area contributed by atoms with Crippen LogP contribution in [-0.2, 0) is 0 Å². The Morgan fingerprint density at radius 3 is 2.76 bits per heavy atom. The normalized spacial score (nSPS) is 11.6. The van der Waals surface area contributed by atoms with Gasteiger partial charge in [-0.3, -0.25) is 0 Å². The van der Waals surface area contributed by atoms with E-state index in [0.717, 1.165) is 30.5 Å². The third kappa shape index (κ3) is 3.60. The number of benzene rings is 1. The quantitative estimate of drug-likeness (QED) is 0.733. The van der Waals surface area contributed by atoms with Crippen LogP contribution in [0.25, 0.3) is 0 Å². The van der Waals surface area contributed by atoms with Crippen molar-refractivity contribution < 1.29 is 0 Å². The van der Waals surface area contributed by atoms with E-state index in [4.69, 9.17) is 10.7 Å². The molecule has 2 N–H and O–H groups in total. The molecule has 0 aliphatic heterocycles. The van der Waals surface area contributed by atoms with Crippen LogP contribution >= 0.6 is 0 Å². The van der Waals surface area contributed by atoms with Gasteiger partial charge in [0.25, 0.3) is 0 Å². The first-order valence-corrected chi connectivity index (χ1v) is 6.06. The van der Waals surface area contributed by atoms with Crippen molar-refractivity contribution in [3.63, 3.8) is 0 Å². The lowest BCUT2D eigenvalue weighted by Crippen LogP contribution is -2.18.